The van der Waals surface area contributed by atoms with Crippen LogP contribution in [0, 0.1) is 0 Å². The summed E-state index contributed by atoms with van der Waals surface area (Å²) in [5, 5.41) is 1.53. The molecule has 0 N–H and O–H groups in total. The summed E-state index contributed by atoms with van der Waals surface area (Å²) in [5.74, 6) is 0.216. The van der Waals surface area contributed by atoms with Gasteiger partial charge in [0.1, 0.15) is 0 Å². The van der Waals surface area contributed by atoms with Gasteiger partial charge in [0.2, 0.25) is 5.91 Å². The maximum Gasteiger partial charge on any atom is 0.227 e. The van der Waals surface area contributed by atoms with Crippen molar-refractivity contribution in [3.05, 3.63) is 34.9 Å². The third-order valence-corrected chi connectivity index (χ3v) is 4.25. The molecule has 0 radical (unpaired) electrons. The van der Waals surface area contributed by atoms with Crippen LogP contribution in [0.3, 0.4) is 0 Å². The van der Waals surface area contributed by atoms with Crippen molar-refractivity contribution in [2.75, 3.05) is 11.9 Å². The minimum atomic E-state index is 0.216. The molecule has 0 unspecified atom stereocenters. The first-order valence-electron chi connectivity index (χ1n) is 6.80. The van der Waals surface area contributed by atoms with Gasteiger partial charge < -0.3 is 4.90 Å². The first kappa shape index (κ1) is 14.9. The van der Waals surface area contributed by atoms with Crippen molar-refractivity contribution in [3.63, 3.8) is 0 Å². The van der Waals surface area contributed by atoms with E-state index in [0.717, 1.165) is 30.3 Å². The maximum absolute atomic E-state index is 12.5. The smallest absolute Gasteiger partial charge is 0.227 e. The van der Waals surface area contributed by atoms with Crippen molar-refractivity contribution in [3.8, 4) is 0 Å². The summed E-state index contributed by atoms with van der Waals surface area (Å²) in [7, 11) is 0. The molecule has 1 aliphatic rings. The molecule has 0 heterocycles. The summed E-state index contributed by atoms with van der Waals surface area (Å²) >= 11 is 9.41. The highest BCUT2D eigenvalue weighted by atomic mass is 79.9. The van der Waals surface area contributed by atoms with E-state index in [1.807, 2.05) is 29.2 Å². The summed E-state index contributed by atoms with van der Waals surface area (Å²) in [6.07, 6.45) is 5.23. The van der Waals surface area contributed by atoms with E-state index in [-0.39, 0.29) is 5.91 Å². The van der Waals surface area contributed by atoms with Crippen LogP contribution in [-0.4, -0.2) is 28.7 Å². The van der Waals surface area contributed by atoms with Crippen molar-refractivity contribution in [2.24, 2.45) is 0 Å². The molecule has 1 saturated carbocycles. The normalized spacial score (nSPS) is 15.7. The second kappa shape index (κ2) is 7.30. The third-order valence-electron chi connectivity index (χ3n) is 3.66. The van der Waals surface area contributed by atoms with Crippen molar-refractivity contribution in [1.29, 1.82) is 0 Å². The molecule has 1 aromatic carbocycles. The number of carbonyl (C=O) groups excluding carboxylic acids is 1. The zero-order chi connectivity index (χ0) is 13.7. The lowest BCUT2D eigenvalue weighted by Gasteiger charge is -2.28. The maximum atomic E-state index is 12.5. The largest absolute Gasteiger partial charge is 0.339 e. The molecule has 1 amide bonds. The van der Waals surface area contributed by atoms with Gasteiger partial charge in [0.05, 0.1) is 6.42 Å². The van der Waals surface area contributed by atoms with Crippen molar-refractivity contribution in [2.45, 2.75) is 38.1 Å². The predicted octanol–water partition coefficient (Wildman–Crippen LogP) is 4.05. The molecule has 1 aromatic rings. The van der Waals surface area contributed by atoms with Crippen LogP contribution in [0.1, 0.15) is 31.2 Å². The van der Waals surface area contributed by atoms with E-state index in [9.17, 15) is 4.79 Å². The van der Waals surface area contributed by atoms with E-state index in [1.165, 1.54) is 12.8 Å². The fraction of sp³-hybridized carbons (Fsp3) is 0.533. The Labute approximate surface area is 128 Å². The van der Waals surface area contributed by atoms with Crippen molar-refractivity contribution < 1.29 is 4.79 Å². The van der Waals surface area contributed by atoms with Crippen LogP contribution in [0.2, 0.25) is 5.02 Å². The summed E-state index contributed by atoms with van der Waals surface area (Å²) < 4.78 is 0. The average Bonchev–Trinajstić information content (AvgIpc) is 2.89. The Morgan fingerprint density at radius 3 is 2.74 bits per heavy atom. The van der Waals surface area contributed by atoms with Gasteiger partial charge >= 0.3 is 0 Å². The van der Waals surface area contributed by atoms with Crippen LogP contribution < -0.4 is 0 Å². The van der Waals surface area contributed by atoms with E-state index in [4.69, 9.17) is 11.6 Å². The van der Waals surface area contributed by atoms with E-state index in [0.29, 0.717) is 17.5 Å². The molecule has 2 rings (SSSR count). The predicted molar refractivity (Wildman–Crippen MR) is 82.9 cm³/mol. The molecule has 0 atom stereocenters. The summed E-state index contributed by atoms with van der Waals surface area (Å²) in [6.45, 7) is 0.796. The Morgan fingerprint density at radius 2 is 2.11 bits per heavy atom. The molecular weight excluding hydrogens is 326 g/mol. The van der Waals surface area contributed by atoms with Crippen LogP contribution >= 0.6 is 27.5 Å². The van der Waals surface area contributed by atoms with Gasteiger partial charge in [-0.1, -0.05) is 52.5 Å². The number of alkyl halides is 1. The zero-order valence-electron chi connectivity index (χ0n) is 10.9. The minimum Gasteiger partial charge on any atom is -0.339 e. The van der Waals surface area contributed by atoms with Crippen LogP contribution in [0.5, 0.6) is 0 Å². The quantitative estimate of drug-likeness (QED) is 0.738. The number of halogens is 2. The zero-order valence-corrected chi connectivity index (χ0v) is 13.3. The molecule has 1 fully saturated rings. The highest BCUT2D eigenvalue weighted by Gasteiger charge is 2.25. The second-order valence-electron chi connectivity index (χ2n) is 5.02. The van der Waals surface area contributed by atoms with Crippen LogP contribution in [-0.2, 0) is 11.2 Å². The number of rotatable bonds is 5. The van der Waals surface area contributed by atoms with Gasteiger partial charge in [-0.25, -0.2) is 0 Å². The monoisotopic (exact) mass is 343 g/mol. The Kier molecular flexibility index (Phi) is 5.71. The molecule has 0 aliphatic heterocycles. The molecule has 2 nitrogen and oxygen atoms in total. The standard InChI is InChI=1S/C15H19BrClNO/c16-8-9-18(14-6-1-2-7-14)15(19)11-12-4-3-5-13(17)10-12/h3-5,10,14H,1-2,6-9,11H2. The van der Waals surface area contributed by atoms with E-state index in [2.05, 4.69) is 15.9 Å². The number of hydrogen-bond acceptors (Lipinski definition) is 1. The van der Waals surface area contributed by atoms with Crippen molar-refractivity contribution >= 4 is 33.4 Å². The lowest BCUT2D eigenvalue weighted by Crippen LogP contribution is -2.41. The van der Waals surface area contributed by atoms with Gasteiger partial charge in [-0.15, -0.1) is 0 Å². The summed E-state index contributed by atoms with van der Waals surface area (Å²) in [5.41, 5.74) is 0.995. The Morgan fingerprint density at radius 1 is 1.37 bits per heavy atom. The molecule has 1 aliphatic carbocycles. The lowest BCUT2D eigenvalue weighted by molar-refractivity contribution is -0.132. The Bertz CT molecular complexity index is 432. The molecular formula is C15H19BrClNO. The van der Waals surface area contributed by atoms with Crippen molar-refractivity contribution in [1.82, 2.24) is 4.90 Å². The number of carbonyl (C=O) groups is 1. The first-order chi connectivity index (χ1) is 9.20. The second-order valence-corrected chi connectivity index (χ2v) is 6.25. The Hall–Kier alpha value is -0.540. The lowest BCUT2D eigenvalue weighted by atomic mass is 10.1. The van der Waals surface area contributed by atoms with Gasteiger partial charge in [0.25, 0.3) is 0 Å². The van der Waals surface area contributed by atoms with Crippen LogP contribution in [0.25, 0.3) is 0 Å². The molecule has 104 valence electrons. The van der Waals surface area contributed by atoms with Crippen LogP contribution in [0.15, 0.2) is 24.3 Å². The molecule has 0 spiro atoms. The summed E-state index contributed by atoms with van der Waals surface area (Å²) in [6, 6.07) is 8.01. The fourth-order valence-corrected chi connectivity index (χ4v) is 3.34. The molecule has 19 heavy (non-hydrogen) atoms. The number of nitrogens with zero attached hydrogens (tertiary/aromatic N) is 1. The molecule has 0 saturated heterocycles. The van der Waals surface area contributed by atoms with Gasteiger partial charge in [-0.2, -0.15) is 0 Å². The van der Waals surface area contributed by atoms with Gasteiger partial charge in [0, 0.05) is 22.9 Å². The Balaban J connectivity index is 2.02. The van der Waals surface area contributed by atoms with E-state index >= 15 is 0 Å². The van der Waals surface area contributed by atoms with E-state index in [1.54, 1.807) is 0 Å². The van der Waals surface area contributed by atoms with Gasteiger partial charge in [-0.05, 0) is 30.5 Å². The topological polar surface area (TPSA) is 20.3 Å². The average molecular weight is 345 g/mol. The number of hydrogen-bond donors (Lipinski definition) is 0. The summed E-state index contributed by atoms with van der Waals surface area (Å²) in [4.78, 5) is 14.5. The molecule has 4 heteroatoms. The molecule has 0 bridgehead atoms. The highest BCUT2D eigenvalue weighted by molar-refractivity contribution is 9.09. The highest BCUT2D eigenvalue weighted by Crippen LogP contribution is 2.24. The fourth-order valence-electron chi connectivity index (χ4n) is 2.74. The van der Waals surface area contributed by atoms with Gasteiger partial charge in [0.15, 0.2) is 0 Å². The number of benzene rings is 1. The minimum absolute atomic E-state index is 0.216. The first-order valence-corrected chi connectivity index (χ1v) is 8.30. The molecule has 0 aromatic heterocycles. The third kappa shape index (κ3) is 4.22. The SMILES string of the molecule is O=C(Cc1cccc(Cl)c1)N(CCBr)C1CCCC1. The van der Waals surface area contributed by atoms with Crippen LogP contribution in [0.4, 0.5) is 0 Å². The number of amides is 1. The van der Waals surface area contributed by atoms with E-state index < -0.39 is 0 Å². The van der Waals surface area contributed by atoms with Gasteiger partial charge in [-0.3, -0.25) is 4.79 Å².